The predicted molar refractivity (Wildman–Crippen MR) is 77.0 cm³/mol. The van der Waals surface area contributed by atoms with Crippen molar-refractivity contribution in [2.24, 2.45) is 0 Å². The van der Waals surface area contributed by atoms with E-state index in [9.17, 15) is 0 Å². The van der Waals surface area contributed by atoms with Gasteiger partial charge in [-0.1, -0.05) is 24.8 Å². The minimum absolute atomic E-state index is 0.483. The Kier molecular flexibility index (Phi) is 6.47. The third kappa shape index (κ3) is 5.84. The fourth-order valence-electron chi connectivity index (χ4n) is 1.76. The van der Waals surface area contributed by atoms with Gasteiger partial charge in [-0.05, 0) is 38.7 Å². The highest BCUT2D eigenvalue weighted by Gasteiger charge is 2.02. The SMILES string of the molecule is C=CCOc1ccc(CNC(C)CN(C)C)cc1. The molecule has 1 unspecified atom stereocenters. The van der Waals surface area contributed by atoms with Gasteiger partial charge in [0.25, 0.3) is 0 Å². The summed E-state index contributed by atoms with van der Waals surface area (Å²) in [5.41, 5.74) is 1.27. The Labute approximate surface area is 110 Å². The van der Waals surface area contributed by atoms with Gasteiger partial charge >= 0.3 is 0 Å². The van der Waals surface area contributed by atoms with Gasteiger partial charge < -0.3 is 15.0 Å². The van der Waals surface area contributed by atoms with Crippen molar-refractivity contribution < 1.29 is 4.74 Å². The molecule has 0 heterocycles. The van der Waals surface area contributed by atoms with Crippen LogP contribution in [0.3, 0.4) is 0 Å². The molecule has 0 saturated carbocycles. The van der Waals surface area contributed by atoms with E-state index < -0.39 is 0 Å². The lowest BCUT2D eigenvalue weighted by Crippen LogP contribution is -2.35. The molecule has 0 aromatic heterocycles. The van der Waals surface area contributed by atoms with Crippen molar-refractivity contribution in [2.75, 3.05) is 27.2 Å². The molecule has 1 N–H and O–H groups in total. The monoisotopic (exact) mass is 248 g/mol. The van der Waals surface area contributed by atoms with Gasteiger partial charge in [0.1, 0.15) is 12.4 Å². The van der Waals surface area contributed by atoms with Gasteiger partial charge in [-0.2, -0.15) is 0 Å². The Morgan fingerprint density at radius 1 is 1.33 bits per heavy atom. The first-order valence-electron chi connectivity index (χ1n) is 6.32. The number of hydrogen-bond acceptors (Lipinski definition) is 3. The number of likely N-dealkylation sites (N-methyl/N-ethyl adjacent to an activating group) is 1. The number of nitrogens with one attached hydrogen (secondary N) is 1. The summed E-state index contributed by atoms with van der Waals surface area (Å²) >= 11 is 0. The summed E-state index contributed by atoms with van der Waals surface area (Å²) in [6, 6.07) is 8.66. The van der Waals surface area contributed by atoms with Crippen molar-refractivity contribution >= 4 is 0 Å². The summed E-state index contributed by atoms with van der Waals surface area (Å²) < 4.78 is 5.44. The van der Waals surface area contributed by atoms with Gasteiger partial charge in [0.05, 0.1) is 0 Å². The molecule has 18 heavy (non-hydrogen) atoms. The Morgan fingerprint density at radius 2 is 2.00 bits per heavy atom. The second-order valence-corrected chi connectivity index (χ2v) is 4.79. The maximum Gasteiger partial charge on any atom is 0.119 e. The fourth-order valence-corrected chi connectivity index (χ4v) is 1.76. The molecule has 0 fully saturated rings. The molecule has 0 amide bonds. The van der Waals surface area contributed by atoms with E-state index in [0.717, 1.165) is 18.8 Å². The standard InChI is InChI=1S/C15H24N2O/c1-5-10-18-15-8-6-14(7-9-15)11-16-13(2)12-17(3)4/h5-9,13,16H,1,10-12H2,2-4H3. The van der Waals surface area contributed by atoms with E-state index >= 15 is 0 Å². The molecular formula is C15H24N2O. The Morgan fingerprint density at radius 3 is 2.56 bits per heavy atom. The average molecular weight is 248 g/mol. The second-order valence-electron chi connectivity index (χ2n) is 4.79. The van der Waals surface area contributed by atoms with Crippen LogP contribution in [0, 0.1) is 0 Å². The van der Waals surface area contributed by atoms with E-state index in [4.69, 9.17) is 4.74 Å². The third-order valence-corrected chi connectivity index (χ3v) is 2.58. The molecule has 3 heteroatoms. The topological polar surface area (TPSA) is 24.5 Å². The summed E-state index contributed by atoms with van der Waals surface area (Å²) in [6.07, 6.45) is 1.75. The molecule has 0 radical (unpaired) electrons. The first-order valence-corrected chi connectivity index (χ1v) is 6.32. The highest BCUT2D eigenvalue weighted by Crippen LogP contribution is 2.12. The maximum absolute atomic E-state index is 5.44. The second kappa shape index (κ2) is 7.90. The van der Waals surface area contributed by atoms with Crippen LogP contribution < -0.4 is 10.1 Å². The van der Waals surface area contributed by atoms with Crippen molar-refractivity contribution in [3.8, 4) is 5.75 Å². The first kappa shape index (κ1) is 14.7. The van der Waals surface area contributed by atoms with Crippen molar-refractivity contribution in [2.45, 2.75) is 19.5 Å². The van der Waals surface area contributed by atoms with Crippen LogP contribution in [0.25, 0.3) is 0 Å². The molecule has 3 nitrogen and oxygen atoms in total. The van der Waals surface area contributed by atoms with E-state index in [1.807, 2.05) is 12.1 Å². The van der Waals surface area contributed by atoms with E-state index in [1.54, 1.807) is 6.08 Å². The van der Waals surface area contributed by atoms with Crippen LogP contribution in [-0.4, -0.2) is 38.2 Å². The predicted octanol–water partition coefficient (Wildman–Crippen LogP) is 2.29. The molecule has 1 atom stereocenters. The molecule has 0 aliphatic heterocycles. The zero-order valence-electron chi connectivity index (χ0n) is 11.6. The lowest BCUT2D eigenvalue weighted by molar-refractivity contribution is 0.349. The van der Waals surface area contributed by atoms with Crippen LogP contribution in [0.1, 0.15) is 12.5 Å². The summed E-state index contributed by atoms with van der Waals surface area (Å²) in [4.78, 5) is 2.18. The number of nitrogens with zero attached hydrogens (tertiary/aromatic N) is 1. The number of rotatable bonds is 8. The van der Waals surface area contributed by atoms with Crippen molar-refractivity contribution in [3.05, 3.63) is 42.5 Å². The molecule has 1 aromatic rings. The molecule has 100 valence electrons. The molecule has 0 aliphatic rings. The maximum atomic E-state index is 5.44. The molecular weight excluding hydrogens is 224 g/mol. The van der Waals surface area contributed by atoms with Crippen molar-refractivity contribution in [1.29, 1.82) is 0 Å². The van der Waals surface area contributed by atoms with Crippen LogP contribution in [0.4, 0.5) is 0 Å². The lowest BCUT2D eigenvalue weighted by atomic mass is 10.2. The van der Waals surface area contributed by atoms with E-state index in [1.165, 1.54) is 5.56 Å². The van der Waals surface area contributed by atoms with Gasteiger partial charge in [0, 0.05) is 19.1 Å². The van der Waals surface area contributed by atoms with Gasteiger partial charge in [-0.15, -0.1) is 0 Å². The Hall–Kier alpha value is -1.32. The largest absolute Gasteiger partial charge is 0.490 e. The summed E-state index contributed by atoms with van der Waals surface area (Å²) in [6.45, 7) is 8.30. The summed E-state index contributed by atoms with van der Waals surface area (Å²) in [7, 11) is 4.17. The smallest absolute Gasteiger partial charge is 0.119 e. The van der Waals surface area contributed by atoms with Crippen LogP contribution in [0.15, 0.2) is 36.9 Å². The third-order valence-electron chi connectivity index (χ3n) is 2.58. The highest BCUT2D eigenvalue weighted by molar-refractivity contribution is 5.27. The Balaban J connectivity index is 2.36. The van der Waals surface area contributed by atoms with Crippen LogP contribution in [0.5, 0.6) is 5.75 Å². The van der Waals surface area contributed by atoms with Crippen molar-refractivity contribution in [1.82, 2.24) is 10.2 Å². The van der Waals surface area contributed by atoms with Crippen LogP contribution in [-0.2, 0) is 6.54 Å². The quantitative estimate of drug-likeness (QED) is 0.714. The zero-order valence-corrected chi connectivity index (χ0v) is 11.6. The Bertz CT molecular complexity index is 346. The molecule has 0 saturated heterocycles. The fraction of sp³-hybridized carbons (Fsp3) is 0.467. The minimum atomic E-state index is 0.483. The van der Waals surface area contributed by atoms with Crippen LogP contribution >= 0.6 is 0 Å². The molecule has 0 aliphatic carbocycles. The molecule has 0 spiro atoms. The van der Waals surface area contributed by atoms with Gasteiger partial charge in [0.15, 0.2) is 0 Å². The van der Waals surface area contributed by atoms with Crippen LogP contribution in [0.2, 0.25) is 0 Å². The molecule has 1 aromatic carbocycles. The molecule has 0 bridgehead atoms. The lowest BCUT2D eigenvalue weighted by Gasteiger charge is -2.18. The summed E-state index contributed by atoms with van der Waals surface area (Å²) in [5.74, 6) is 0.889. The van der Waals surface area contributed by atoms with E-state index in [2.05, 4.69) is 49.9 Å². The average Bonchev–Trinajstić information content (AvgIpc) is 2.34. The normalized spacial score (nSPS) is 12.4. The minimum Gasteiger partial charge on any atom is -0.490 e. The van der Waals surface area contributed by atoms with E-state index in [-0.39, 0.29) is 0 Å². The zero-order chi connectivity index (χ0) is 13.4. The number of hydrogen-bond donors (Lipinski definition) is 1. The number of benzene rings is 1. The van der Waals surface area contributed by atoms with E-state index in [0.29, 0.717) is 12.6 Å². The molecule has 1 rings (SSSR count). The van der Waals surface area contributed by atoms with Gasteiger partial charge in [0.2, 0.25) is 0 Å². The summed E-state index contributed by atoms with van der Waals surface area (Å²) in [5, 5.41) is 3.49. The number of ether oxygens (including phenoxy) is 1. The van der Waals surface area contributed by atoms with Crippen molar-refractivity contribution in [3.63, 3.8) is 0 Å². The van der Waals surface area contributed by atoms with Gasteiger partial charge in [-0.3, -0.25) is 0 Å². The first-order chi connectivity index (χ1) is 8.61. The van der Waals surface area contributed by atoms with Gasteiger partial charge in [-0.25, -0.2) is 0 Å². The highest BCUT2D eigenvalue weighted by atomic mass is 16.5.